The van der Waals surface area contributed by atoms with Crippen molar-refractivity contribution in [2.45, 2.75) is 79.6 Å². The molecule has 1 aliphatic rings. The predicted molar refractivity (Wildman–Crippen MR) is 171 cm³/mol. The van der Waals surface area contributed by atoms with E-state index in [-0.39, 0.29) is 5.41 Å². The molecule has 1 aromatic heterocycles. The van der Waals surface area contributed by atoms with Crippen molar-refractivity contribution < 1.29 is 5.11 Å². The minimum Gasteiger partial charge on any atom is -0.366 e. The van der Waals surface area contributed by atoms with Gasteiger partial charge in [0.2, 0.25) is 0 Å². The average Bonchev–Trinajstić information content (AvgIpc) is 3.26. The number of aryl methyl sites for hydroxylation is 2. The van der Waals surface area contributed by atoms with Crippen LogP contribution in [0, 0.1) is 19.8 Å². The van der Waals surface area contributed by atoms with E-state index in [2.05, 4.69) is 112 Å². The van der Waals surface area contributed by atoms with Crippen LogP contribution in [0.3, 0.4) is 0 Å². The number of aliphatic hydroxyl groups is 1. The summed E-state index contributed by atoms with van der Waals surface area (Å²) in [5.41, 5.74) is 18.8. The van der Waals surface area contributed by atoms with Crippen molar-refractivity contribution in [3.05, 3.63) is 94.2 Å². The molecular formula is C35H45N5O. The number of nitrogens with two attached hydrogens (primary N) is 1. The highest BCUT2D eigenvalue weighted by molar-refractivity contribution is 5.72. The molecule has 4 N–H and O–H groups in total. The molecule has 0 saturated heterocycles. The van der Waals surface area contributed by atoms with Gasteiger partial charge in [-0.3, -0.25) is 5.73 Å². The van der Waals surface area contributed by atoms with E-state index < -0.39 is 6.35 Å². The van der Waals surface area contributed by atoms with Crippen molar-refractivity contribution in [1.82, 2.24) is 9.78 Å². The molecule has 6 heteroatoms. The molecule has 2 heterocycles. The van der Waals surface area contributed by atoms with Gasteiger partial charge >= 0.3 is 0 Å². The molecule has 41 heavy (non-hydrogen) atoms. The lowest BCUT2D eigenvalue weighted by molar-refractivity contribution is 0.212. The Balaban J connectivity index is 1.66. The van der Waals surface area contributed by atoms with E-state index in [1.165, 1.54) is 44.9 Å². The second-order valence-corrected chi connectivity index (χ2v) is 13.0. The molecule has 6 nitrogen and oxygen atoms in total. The largest absolute Gasteiger partial charge is 0.366 e. The number of nitrogens with one attached hydrogen (secondary N) is 1. The molecule has 4 aromatic rings. The first-order chi connectivity index (χ1) is 19.4. The fourth-order valence-corrected chi connectivity index (χ4v) is 5.98. The van der Waals surface area contributed by atoms with E-state index in [1.807, 2.05) is 12.1 Å². The zero-order valence-corrected chi connectivity index (χ0v) is 25.6. The van der Waals surface area contributed by atoms with Gasteiger partial charge in [-0.25, -0.2) is 4.68 Å². The van der Waals surface area contributed by atoms with Crippen LogP contribution in [0.2, 0.25) is 0 Å². The summed E-state index contributed by atoms with van der Waals surface area (Å²) in [5.74, 6) is 0.533. The Hall–Kier alpha value is -3.61. The fourth-order valence-electron chi connectivity index (χ4n) is 5.98. The lowest BCUT2D eigenvalue weighted by Crippen LogP contribution is -2.31. The van der Waals surface area contributed by atoms with Gasteiger partial charge in [-0.15, -0.1) is 0 Å². The van der Waals surface area contributed by atoms with Gasteiger partial charge in [-0.05, 0) is 72.1 Å². The zero-order chi connectivity index (χ0) is 29.5. The Kier molecular flexibility index (Phi) is 8.00. The molecule has 0 spiro atoms. The summed E-state index contributed by atoms with van der Waals surface area (Å²) < 4.78 is 2.21. The molecular weight excluding hydrogens is 506 g/mol. The van der Waals surface area contributed by atoms with Crippen molar-refractivity contribution in [1.29, 1.82) is 0 Å². The fraction of sp³-hybridized carbons (Fsp3) is 0.400. The van der Waals surface area contributed by atoms with E-state index >= 15 is 0 Å². The second-order valence-electron chi connectivity index (χ2n) is 13.0. The van der Waals surface area contributed by atoms with Gasteiger partial charge in [0.05, 0.1) is 17.1 Å². The van der Waals surface area contributed by atoms with Crippen molar-refractivity contribution in [3.8, 4) is 16.9 Å². The highest BCUT2D eigenvalue weighted by Gasteiger charge is 2.29. The summed E-state index contributed by atoms with van der Waals surface area (Å²) in [5, 5.41) is 17.8. The van der Waals surface area contributed by atoms with Gasteiger partial charge < -0.3 is 15.3 Å². The number of aromatic nitrogens is 2. The third kappa shape index (κ3) is 6.04. The van der Waals surface area contributed by atoms with Crippen LogP contribution < -0.4 is 16.0 Å². The van der Waals surface area contributed by atoms with Gasteiger partial charge in [0, 0.05) is 42.0 Å². The number of aliphatic hydroxyl groups excluding tert-OH is 1. The summed E-state index contributed by atoms with van der Waals surface area (Å²) in [6.07, 6.45) is 0.771. The third-order valence-electron chi connectivity index (χ3n) is 8.08. The monoisotopic (exact) mass is 551 g/mol. The molecule has 1 aliphatic heterocycles. The number of para-hydroxylation sites is 1. The number of rotatable bonds is 7. The van der Waals surface area contributed by atoms with Crippen LogP contribution in [0.4, 0.5) is 11.4 Å². The molecule has 0 bridgehead atoms. The van der Waals surface area contributed by atoms with Gasteiger partial charge in [-0.1, -0.05) is 77.1 Å². The number of nitrogens with zero attached hydrogens (tertiary/aromatic N) is 3. The molecule has 0 radical (unpaired) electrons. The van der Waals surface area contributed by atoms with Crippen LogP contribution in [-0.4, -0.2) is 27.8 Å². The molecule has 1 unspecified atom stereocenters. The van der Waals surface area contributed by atoms with Crippen LogP contribution in [-0.2, 0) is 24.8 Å². The van der Waals surface area contributed by atoms with Crippen LogP contribution >= 0.6 is 0 Å². The van der Waals surface area contributed by atoms with Crippen LogP contribution in [0.15, 0.2) is 60.7 Å². The lowest BCUT2D eigenvalue weighted by atomic mass is 9.86. The molecule has 216 valence electrons. The summed E-state index contributed by atoms with van der Waals surface area (Å²) in [6.45, 7) is 17.5. The lowest BCUT2D eigenvalue weighted by Gasteiger charge is -2.32. The topological polar surface area (TPSA) is 79.3 Å². The van der Waals surface area contributed by atoms with Crippen LogP contribution in [0.5, 0.6) is 0 Å². The SMILES string of the molecule is Cc1ccc(C(C)(C)C)cc1N1CCc2nn(-c3c(C)cccc3CC(C)C)c(-c3ccc(NC(N)O)cc3)c2C1. The summed E-state index contributed by atoms with van der Waals surface area (Å²) in [6, 6.07) is 21.6. The number of fused-ring (bicyclic) bond motifs is 1. The normalized spacial score (nSPS) is 14.3. The van der Waals surface area contributed by atoms with Crippen molar-refractivity contribution in [3.63, 3.8) is 0 Å². The Morgan fingerprint density at radius 1 is 1.00 bits per heavy atom. The summed E-state index contributed by atoms with van der Waals surface area (Å²) >= 11 is 0. The van der Waals surface area contributed by atoms with Gasteiger partial charge in [-0.2, -0.15) is 5.10 Å². The first-order valence-electron chi connectivity index (χ1n) is 14.8. The number of hydrogen-bond donors (Lipinski definition) is 3. The van der Waals surface area contributed by atoms with Crippen LogP contribution in [0.1, 0.15) is 68.1 Å². The molecule has 0 amide bonds. The van der Waals surface area contributed by atoms with Crippen LogP contribution in [0.25, 0.3) is 16.9 Å². The standard InChI is InChI=1S/C35H45N5O/c1-22(2)19-26-10-8-9-24(4)32(26)40-33(25-12-15-28(16-13-25)37-34(36)41)29-21-39(18-17-30(29)38-40)31-20-27(35(5,6)7)14-11-23(31)3/h8-16,20,22,34,37,41H,17-19,21,36H2,1-7H3. The summed E-state index contributed by atoms with van der Waals surface area (Å²) in [4.78, 5) is 2.52. The molecule has 0 fully saturated rings. The maximum Gasteiger partial charge on any atom is 0.178 e. The maximum atomic E-state index is 9.62. The highest BCUT2D eigenvalue weighted by atomic mass is 16.3. The van der Waals surface area contributed by atoms with Crippen molar-refractivity contribution in [2.75, 3.05) is 16.8 Å². The van der Waals surface area contributed by atoms with Gasteiger partial charge in [0.15, 0.2) is 6.35 Å². The molecule has 5 rings (SSSR count). The quantitative estimate of drug-likeness (QED) is 0.219. The maximum absolute atomic E-state index is 9.62. The second kappa shape index (κ2) is 11.3. The van der Waals surface area contributed by atoms with E-state index in [0.717, 1.165) is 42.9 Å². The van der Waals surface area contributed by atoms with Crippen molar-refractivity contribution in [2.24, 2.45) is 11.7 Å². The number of hydrogen-bond acceptors (Lipinski definition) is 5. The average molecular weight is 552 g/mol. The van der Waals surface area contributed by atoms with E-state index in [0.29, 0.717) is 5.92 Å². The molecule has 0 aliphatic carbocycles. The predicted octanol–water partition coefficient (Wildman–Crippen LogP) is 6.86. The third-order valence-corrected chi connectivity index (χ3v) is 8.08. The Morgan fingerprint density at radius 2 is 1.73 bits per heavy atom. The van der Waals surface area contributed by atoms with Gasteiger partial charge in [0.1, 0.15) is 0 Å². The Bertz CT molecular complexity index is 1530. The smallest absolute Gasteiger partial charge is 0.178 e. The molecule has 3 aromatic carbocycles. The molecule has 0 saturated carbocycles. The highest BCUT2D eigenvalue weighted by Crippen LogP contribution is 2.38. The first-order valence-corrected chi connectivity index (χ1v) is 14.8. The number of benzene rings is 3. The Morgan fingerprint density at radius 3 is 2.39 bits per heavy atom. The first kappa shape index (κ1) is 28.9. The van der Waals surface area contributed by atoms with Crippen molar-refractivity contribution >= 4 is 11.4 Å². The van der Waals surface area contributed by atoms with E-state index in [1.54, 1.807) is 0 Å². The minimum absolute atomic E-state index is 0.0873. The Labute approximate surface area is 245 Å². The zero-order valence-electron chi connectivity index (χ0n) is 25.6. The molecule has 1 atom stereocenters. The van der Waals surface area contributed by atoms with E-state index in [4.69, 9.17) is 10.8 Å². The van der Waals surface area contributed by atoms with E-state index in [9.17, 15) is 5.11 Å². The number of anilines is 2. The minimum atomic E-state index is -1.11. The summed E-state index contributed by atoms with van der Waals surface area (Å²) in [7, 11) is 0. The van der Waals surface area contributed by atoms with Gasteiger partial charge in [0.25, 0.3) is 0 Å².